The second-order valence-corrected chi connectivity index (χ2v) is 5.56. The topological polar surface area (TPSA) is 68.8 Å². The van der Waals surface area contributed by atoms with Gasteiger partial charge < -0.3 is 14.3 Å². The van der Waals surface area contributed by atoms with Gasteiger partial charge in [0.2, 0.25) is 0 Å². The zero-order chi connectivity index (χ0) is 15.4. The van der Waals surface area contributed by atoms with Gasteiger partial charge in [0.1, 0.15) is 0 Å². The van der Waals surface area contributed by atoms with Crippen LogP contribution in [-0.4, -0.2) is 25.8 Å². The van der Waals surface area contributed by atoms with Crippen molar-refractivity contribution in [1.29, 1.82) is 0 Å². The minimum atomic E-state index is 0.602. The van der Waals surface area contributed by atoms with E-state index in [0.29, 0.717) is 18.1 Å². The molecule has 3 aromatic rings. The van der Waals surface area contributed by atoms with Gasteiger partial charge >= 0.3 is 0 Å². The lowest BCUT2D eigenvalue weighted by Gasteiger charge is -2.06. The number of nitrogens with zero attached hydrogens (tertiary/aromatic N) is 4. The van der Waals surface area contributed by atoms with E-state index < -0.39 is 0 Å². The molecule has 0 fully saturated rings. The van der Waals surface area contributed by atoms with Crippen molar-refractivity contribution in [3.05, 3.63) is 48.2 Å². The number of furan rings is 1. The quantitative estimate of drug-likeness (QED) is 0.705. The molecule has 0 amide bonds. The summed E-state index contributed by atoms with van der Waals surface area (Å²) in [4.78, 5) is 13.0. The fourth-order valence-electron chi connectivity index (χ4n) is 2.09. The molecule has 114 valence electrons. The molecule has 7 heteroatoms. The highest BCUT2D eigenvalue weighted by Gasteiger charge is 2.06. The molecule has 22 heavy (non-hydrogen) atoms. The number of nitrogens with one attached hydrogen (secondary N) is 1. The van der Waals surface area contributed by atoms with Crippen LogP contribution in [-0.2, 0) is 20.1 Å². The van der Waals surface area contributed by atoms with Crippen molar-refractivity contribution < 1.29 is 4.42 Å². The van der Waals surface area contributed by atoms with Gasteiger partial charge in [-0.05, 0) is 18.4 Å². The van der Waals surface area contributed by atoms with Gasteiger partial charge in [-0.1, -0.05) is 11.8 Å². The SMILES string of the molecule is CSc1ncc(CNCc2cnc(-c3ccco3)nc2)n1C. The highest BCUT2D eigenvalue weighted by Crippen LogP contribution is 2.15. The Morgan fingerprint density at radius 1 is 1.18 bits per heavy atom. The molecule has 0 aliphatic rings. The fourth-order valence-corrected chi connectivity index (χ4v) is 2.64. The number of thioether (sulfide) groups is 1. The first-order valence-corrected chi connectivity index (χ1v) is 8.10. The average molecular weight is 315 g/mol. The normalized spacial score (nSPS) is 11.0. The second-order valence-electron chi connectivity index (χ2n) is 4.79. The minimum absolute atomic E-state index is 0.602. The van der Waals surface area contributed by atoms with E-state index in [1.807, 2.05) is 44.0 Å². The number of imidazole rings is 1. The maximum absolute atomic E-state index is 5.27. The summed E-state index contributed by atoms with van der Waals surface area (Å²) in [6.07, 6.45) is 9.17. The van der Waals surface area contributed by atoms with Gasteiger partial charge in [-0.15, -0.1) is 0 Å². The van der Waals surface area contributed by atoms with Crippen molar-refractivity contribution in [1.82, 2.24) is 24.8 Å². The van der Waals surface area contributed by atoms with Gasteiger partial charge in [0.05, 0.1) is 18.2 Å². The van der Waals surface area contributed by atoms with Crippen LogP contribution in [0.1, 0.15) is 11.3 Å². The maximum Gasteiger partial charge on any atom is 0.195 e. The van der Waals surface area contributed by atoms with Crippen molar-refractivity contribution in [3.8, 4) is 11.6 Å². The third-order valence-corrected chi connectivity index (χ3v) is 4.05. The highest BCUT2D eigenvalue weighted by molar-refractivity contribution is 7.98. The van der Waals surface area contributed by atoms with Crippen molar-refractivity contribution >= 4 is 11.8 Å². The molecule has 1 N–H and O–H groups in total. The van der Waals surface area contributed by atoms with Crippen LogP contribution < -0.4 is 5.32 Å². The predicted octanol–water partition coefficient (Wildman–Crippen LogP) is 2.48. The maximum atomic E-state index is 5.27. The first-order chi connectivity index (χ1) is 10.8. The molecule has 3 aromatic heterocycles. The predicted molar refractivity (Wildman–Crippen MR) is 85.3 cm³/mol. The molecule has 0 spiro atoms. The van der Waals surface area contributed by atoms with Crippen molar-refractivity contribution in [2.24, 2.45) is 7.05 Å². The van der Waals surface area contributed by atoms with Crippen molar-refractivity contribution in [3.63, 3.8) is 0 Å². The van der Waals surface area contributed by atoms with E-state index in [-0.39, 0.29) is 0 Å². The summed E-state index contributed by atoms with van der Waals surface area (Å²) in [6, 6.07) is 3.67. The molecule has 0 atom stereocenters. The Morgan fingerprint density at radius 3 is 2.64 bits per heavy atom. The Balaban J connectivity index is 1.56. The molecule has 0 unspecified atom stereocenters. The van der Waals surface area contributed by atoms with E-state index in [2.05, 4.69) is 24.8 Å². The van der Waals surface area contributed by atoms with Crippen molar-refractivity contribution in [2.75, 3.05) is 6.26 Å². The van der Waals surface area contributed by atoms with E-state index in [4.69, 9.17) is 4.42 Å². The smallest absolute Gasteiger partial charge is 0.195 e. The first-order valence-electron chi connectivity index (χ1n) is 6.88. The van der Waals surface area contributed by atoms with Gasteiger partial charge in [-0.25, -0.2) is 15.0 Å². The number of rotatable bonds is 6. The average Bonchev–Trinajstić information content (AvgIpc) is 3.19. The van der Waals surface area contributed by atoms with E-state index >= 15 is 0 Å². The van der Waals surface area contributed by atoms with Crippen molar-refractivity contribution in [2.45, 2.75) is 18.2 Å². The molecule has 0 aliphatic heterocycles. The molecule has 6 nitrogen and oxygen atoms in total. The molecular formula is C15H17N5OS. The molecule has 0 saturated carbocycles. The van der Waals surface area contributed by atoms with E-state index in [9.17, 15) is 0 Å². The third-order valence-electron chi connectivity index (χ3n) is 3.31. The Kier molecular flexibility index (Phi) is 4.55. The third kappa shape index (κ3) is 3.20. The summed E-state index contributed by atoms with van der Waals surface area (Å²) >= 11 is 1.64. The van der Waals surface area contributed by atoms with Crippen LogP contribution in [0, 0.1) is 0 Å². The number of aromatic nitrogens is 4. The van der Waals surface area contributed by atoms with Crippen LogP contribution in [0.3, 0.4) is 0 Å². The highest BCUT2D eigenvalue weighted by atomic mass is 32.2. The van der Waals surface area contributed by atoms with E-state index in [1.54, 1.807) is 18.0 Å². The Bertz CT molecular complexity index is 721. The van der Waals surface area contributed by atoms with Crippen LogP contribution in [0.2, 0.25) is 0 Å². The fraction of sp³-hybridized carbons (Fsp3) is 0.267. The zero-order valence-corrected chi connectivity index (χ0v) is 13.3. The summed E-state index contributed by atoms with van der Waals surface area (Å²) < 4.78 is 7.36. The summed E-state index contributed by atoms with van der Waals surface area (Å²) in [6.45, 7) is 1.46. The zero-order valence-electron chi connectivity index (χ0n) is 12.5. The molecular weight excluding hydrogens is 298 g/mol. The van der Waals surface area contributed by atoms with Crippen LogP contribution in [0.15, 0.2) is 46.6 Å². The van der Waals surface area contributed by atoms with Gasteiger partial charge in [-0.3, -0.25) is 0 Å². The lowest BCUT2D eigenvalue weighted by atomic mass is 10.3. The summed E-state index contributed by atoms with van der Waals surface area (Å²) in [5, 5.41) is 4.39. The molecule has 3 heterocycles. The lowest BCUT2D eigenvalue weighted by molar-refractivity contribution is 0.576. The molecule has 0 radical (unpaired) electrons. The molecule has 0 bridgehead atoms. The minimum Gasteiger partial charge on any atom is -0.461 e. The molecule has 0 saturated heterocycles. The van der Waals surface area contributed by atoms with Crippen LogP contribution in [0.5, 0.6) is 0 Å². The second kappa shape index (κ2) is 6.76. The van der Waals surface area contributed by atoms with Gasteiger partial charge in [0.25, 0.3) is 0 Å². The van der Waals surface area contributed by atoms with Gasteiger partial charge in [0.15, 0.2) is 16.7 Å². The molecule has 0 aliphatic carbocycles. The summed E-state index contributed by atoms with van der Waals surface area (Å²) in [5.41, 5.74) is 2.18. The Morgan fingerprint density at radius 2 is 2.00 bits per heavy atom. The number of hydrogen-bond donors (Lipinski definition) is 1. The summed E-state index contributed by atoms with van der Waals surface area (Å²) in [5.74, 6) is 1.28. The van der Waals surface area contributed by atoms with Crippen LogP contribution in [0.25, 0.3) is 11.6 Å². The van der Waals surface area contributed by atoms with E-state index in [1.165, 1.54) is 0 Å². The Hall–Kier alpha value is -2.12. The standard InChI is InChI=1S/C15H17N5OS/c1-20-12(10-19-15(20)22-2)9-16-6-11-7-17-14(18-8-11)13-4-3-5-21-13/h3-5,7-8,10,16H,6,9H2,1-2H3. The van der Waals surface area contributed by atoms with Gasteiger partial charge in [-0.2, -0.15) is 0 Å². The first kappa shape index (κ1) is 14.8. The van der Waals surface area contributed by atoms with E-state index in [0.717, 1.165) is 23.0 Å². The largest absolute Gasteiger partial charge is 0.461 e. The molecule has 0 aromatic carbocycles. The number of hydrogen-bond acceptors (Lipinski definition) is 6. The van der Waals surface area contributed by atoms with Crippen LogP contribution >= 0.6 is 11.8 Å². The summed E-state index contributed by atoms with van der Waals surface area (Å²) in [7, 11) is 2.02. The monoisotopic (exact) mass is 315 g/mol. The lowest BCUT2D eigenvalue weighted by Crippen LogP contribution is -2.15. The van der Waals surface area contributed by atoms with Crippen LogP contribution in [0.4, 0.5) is 0 Å². The Labute approximate surface area is 133 Å². The molecule has 3 rings (SSSR count). The van der Waals surface area contributed by atoms with Gasteiger partial charge in [0, 0.05) is 38.1 Å².